The van der Waals surface area contributed by atoms with Crippen molar-refractivity contribution in [2.24, 2.45) is 5.41 Å². The summed E-state index contributed by atoms with van der Waals surface area (Å²) in [5.74, 6) is 0.365. The number of aliphatic hydroxyl groups excluding tert-OH is 1. The van der Waals surface area contributed by atoms with Crippen LogP contribution in [-0.2, 0) is 4.74 Å². The van der Waals surface area contributed by atoms with Gasteiger partial charge in [0.2, 0.25) is 0 Å². The first kappa shape index (κ1) is 15.8. The zero-order valence-electron chi connectivity index (χ0n) is 12.8. The molecule has 2 rings (SSSR count). The number of rotatable bonds is 5. The first-order valence-electron chi connectivity index (χ1n) is 7.51. The van der Waals surface area contributed by atoms with Gasteiger partial charge in [0.05, 0.1) is 25.0 Å². The summed E-state index contributed by atoms with van der Waals surface area (Å²) in [4.78, 5) is 15.9. The van der Waals surface area contributed by atoms with Crippen molar-refractivity contribution in [3.05, 3.63) is 23.4 Å². The number of nitrogens with one attached hydrogen (secondary N) is 1. The fraction of sp³-hybridized carbons (Fsp3) is 0.625. The van der Waals surface area contributed by atoms with Crippen molar-refractivity contribution in [3.8, 4) is 0 Å². The van der Waals surface area contributed by atoms with E-state index in [1.807, 2.05) is 0 Å². The quantitative estimate of drug-likeness (QED) is 0.816. The highest BCUT2D eigenvalue weighted by Gasteiger charge is 2.31. The molecule has 0 spiro atoms. The molecule has 0 radical (unpaired) electrons. The van der Waals surface area contributed by atoms with Gasteiger partial charge >= 0.3 is 5.97 Å². The van der Waals surface area contributed by atoms with Crippen molar-refractivity contribution in [3.63, 3.8) is 0 Å². The Morgan fingerprint density at radius 1 is 1.38 bits per heavy atom. The Hall–Kier alpha value is -1.62. The van der Waals surface area contributed by atoms with E-state index in [1.54, 1.807) is 19.1 Å². The zero-order valence-corrected chi connectivity index (χ0v) is 12.8. The van der Waals surface area contributed by atoms with Gasteiger partial charge in [-0.25, -0.2) is 9.78 Å². The molecule has 1 aliphatic carbocycles. The molecule has 0 bridgehead atoms. The summed E-state index contributed by atoms with van der Waals surface area (Å²) in [5, 5.41) is 13.0. The summed E-state index contributed by atoms with van der Waals surface area (Å²) >= 11 is 0. The molecule has 1 aromatic heterocycles. The number of ether oxygens (including phenoxy) is 1. The third-order valence-corrected chi connectivity index (χ3v) is 4.39. The number of aliphatic hydroxyl groups is 1. The van der Waals surface area contributed by atoms with E-state index in [0.29, 0.717) is 17.8 Å². The van der Waals surface area contributed by atoms with Crippen LogP contribution in [0.15, 0.2) is 12.1 Å². The van der Waals surface area contributed by atoms with E-state index in [1.165, 1.54) is 26.4 Å². The van der Waals surface area contributed by atoms with Crippen LogP contribution in [0.2, 0.25) is 0 Å². The normalized spacial score (nSPS) is 17.3. The highest BCUT2D eigenvalue weighted by molar-refractivity contribution is 5.90. The van der Waals surface area contributed by atoms with Gasteiger partial charge in [0.25, 0.3) is 0 Å². The standard InChI is InChI=1S/C16H24N2O3/c1-12-13(15(20)21-2)6-7-14(18-12)17-10-16(11-19)8-4-3-5-9-16/h6-7,19H,3-5,8-11H2,1-2H3,(H,17,18). The Bertz CT molecular complexity index is 496. The molecular weight excluding hydrogens is 268 g/mol. The van der Waals surface area contributed by atoms with Crippen molar-refractivity contribution >= 4 is 11.8 Å². The average Bonchev–Trinajstić information content (AvgIpc) is 2.53. The monoisotopic (exact) mass is 292 g/mol. The molecule has 2 N–H and O–H groups in total. The Morgan fingerprint density at radius 3 is 2.67 bits per heavy atom. The lowest BCUT2D eigenvalue weighted by Gasteiger charge is -2.35. The molecule has 1 aromatic rings. The maximum absolute atomic E-state index is 11.5. The van der Waals surface area contributed by atoms with Gasteiger partial charge in [-0.3, -0.25) is 0 Å². The molecule has 0 aliphatic heterocycles. The van der Waals surface area contributed by atoms with E-state index in [9.17, 15) is 9.90 Å². The van der Waals surface area contributed by atoms with Gasteiger partial charge < -0.3 is 15.2 Å². The number of esters is 1. The number of aryl methyl sites for hydroxylation is 1. The molecule has 0 saturated heterocycles. The van der Waals surface area contributed by atoms with Gasteiger partial charge in [-0.05, 0) is 31.9 Å². The number of aromatic nitrogens is 1. The topological polar surface area (TPSA) is 71.5 Å². The Morgan fingerprint density at radius 2 is 2.10 bits per heavy atom. The highest BCUT2D eigenvalue weighted by atomic mass is 16.5. The number of hydrogen-bond donors (Lipinski definition) is 2. The second kappa shape index (κ2) is 6.89. The molecule has 21 heavy (non-hydrogen) atoms. The van der Waals surface area contributed by atoms with E-state index in [-0.39, 0.29) is 18.0 Å². The Kier molecular flexibility index (Phi) is 5.17. The first-order chi connectivity index (χ1) is 10.1. The molecule has 116 valence electrons. The van der Waals surface area contributed by atoms with Crippen LogP contribution in [0.3, 0.4) is 0 Å². The Labute approximate surface area is 125 Å². The first-order valence-corrected chi connectivity index (χ1v) is 7.51. The Balaban J connectivity index is 2.03. The summed E-state index contributed by atoms with van der Waals surface area (Å²) < 4.78 is 4.71. The minimum absolute atomic E-state index is 0.0329. The highest BCUT2D eigenvalue weighted by Crippen LogP contribution is 2.35. The van der Waals surface area contributed by atoms with Crippen molar-refractivity contribution in [2.75, 3.05) is 25.6 Å². The number of methoxy groups -OCH3 is 1. The van der Waals surface area contributed by atoms with Gasteiger partial charge in [0.15, 0.2) is 0 Å². The summed E-state index contributed by atoms with van der Waals surface area (Å²) in [6.45, 7) is 2.71. The molecule has 1 heterocycles. The van der Waals surface area contributed by atoms with Crippen LogP contribution < -0.4 is 5.32 Å². The number of carbonyl (C=O) groups excluding carboxylic acids is 1. The van der Waals surface area contributed by atoms with Gasteiger partial charge in [-0.2, -0.15) is 0 Å². The van der Waals surface area contributed by atoms with Crippen LogP contribution in [-0.4, -0.2) is 36.3 Å². The lowest BCUT2D eigenvalue weighted by Crippen LogP contribution is -2.35. The molecule has 1 saturated carbocycles. The molecule has 0 atom stereocenters. The van der Waals surface area contributed by atoms with Gasteiger partial charge in [0, 0.05) is 12.0 Å². The molecule has 1 aliphatic rings. The lowest BCUT2D eigenvalue weighted by atomic mass is 9.74. The van der Waals surface area contributed by atoms with Crippen LogP contribution in [0.4, 0.5) is 5.82 Å². The number of carbonyl (C=O) groups is 1. The van der Waals surface area contributed by atoms with E-state index in [4.69, 9.17) is 4.74 Å². The molecule has 5 heteroatoms. The summed E-state index contributed by atoms with van der Waals surface area (Å²) in [5.41, 5.74) is 1.10. The summed E-state index contributed by atoms with van der Waals surface area (Å²) in [6.07, 6.45) is 5.71. The third-order valence-electron chi connectivity index (χ3n) is 4.39. The second-order valence-corrected chi connectivity index (χ2v) is 5.89. The zero-order chi connectivity index (χ0) is 15.3. The van der Waals surface area contributed by atoms with Crippen molar-refractivity contribution < 1.29 is 14.6 Å². The maximum atomic E-state index is 11.5. The van der Waals surface area contributed by atoms with Crippen LogP contribution in [0.1, 0.15) is 48.2 Å². The van der Waals surface area contributed by atoms with Crippen LogP contribution in [0.25, 0.3) is 0 Å². The smallest absolute Gasteiger partial charge is 0.339 e. The minimum atomic E-state index is -0.370. The SMILES string of the molecule is COC(=O)c1ccc(NCC2(CO)CCCCC2)nc1C. The van der Waals surface area contributed by atoms with Crippen molar-refractivity contribution in [2.45, 2.75) is 39.0 Å². The van der Waals surface area contributed by atoms with Gasteiger partial charge in [-0.1, -0.05) is 19.3 Å². The average molecular weight is 292 g/mol. The van der Waals surface area contributed by atoms with E-state index >= 15 is 0 Å². The second-order valence-electron chi connectivity index (χ2n) is 5.89. The predicted molar refractivity (Wildman–Crippen MR) is 81.4 cm³/mol. The maximum Gasteiger partial charge on any atom is 0.339 e. The molecular formula is C16H24N2O3. The molecule has 0 amide bonds. The number of pyridine rings is 1. The van der Waals surface area contributed by atoms with Gasteiger partial charge in [-0.15, -0.1) is 0 Å². The van der Waals surface area contributed by atoms with Crippen molar-refractivity contribution in [1.29, 1.82) is 0 Å². The minimum Gasteiger partial charge on any atom is -0.465 e. The fourth-order valence-electron chi connectivity index (χ4n) is 2.96. The molecule has 1 fully saturated rings. The van der Waals surface area contributed by atoms with E-state index < -0.39 is 0 Å². The third kappa shape index (κ3) is 3.73. The van der Waals surface area contributed by atoms with E-state index in [0.717, 1.165) is 18.7 Å². The van der Waals surface area contributed by atoms with Crippen molar-refractivity contribution in [1.82, 2.24) is 4.98 Å². The largest absolute Gasteiger partial charge is 0.465 e. The van der Waals surface area contributed by atoms with Crippen LogP contribution in [0, 0.1) is 12.3 Å². The number of hydrogen-bond acceptors (Lipinski definition) is 5. The number of anilines is 1. The summed E-state index contributed by atoms with van der Waals surface area (Å²) in [7, 11) is 1.36. The lowest BCUT2D eigenvalue weighted by molar-refractivity contribution is 0.0599. The van der Waals surface area contributed by atoms with Crippen LogP contribution >= 0.6 is 0 Å². The fourth-order valence-corrected chi connectivity index (χ4v) is 2.96. The molecule has 0 unspecified atom stereocenters. The number of nitrogens with zero attached hydrogens (tertiary/aromatic N) is 1. The summed E-state index contributed by atoms with van der Waals surface area (Å²) in [6, 6.07) is 3.51. The van der Waals surface area contributed by atoms with E-state index in [2.05, 4.69) is 10.3 Å². The molecule has 0 aromatic carbocycles. The molecule has 5 nitrogen and oxygen atoms in total. The predicted octanol–water partition coefficient (Wildman–Crippen LogP) is 2.53. The van der Waals surface area contributed by atoms with Crippen LogP contribution in [0.5, 0.6) is 0 Å². The van der Waals surface area contributed by atoms with Gasteiger partial charge in [0.1, 0.15) is 5.82 Å².